The highest BCUT2D eigenvalue weighted by atomic mass is 32.2. The molecule has 4 rings (SSSR count). The first-order valence-corrected chi connectivity index (χ1v) is 11.5. The summed E-state index contributed by atoms with van der Waals surface area (Å²) in [5.41, 5.74) is 1.92. The van der Waals surface area contributed by atoms with Crippen molar-refractivity contribution in [3.63, 3.8) is 0 Å². The molecule has 33 heavy (non-hydrogen) atoms. The highest BCUT2D eigenvalue weighted by Crippen LogP contribution is 2.29. The second-order valence-electron chi connectivity index (χ2n) is 7.57. The van der Waals surface area contributed by atoms with Crippen LogP contribution >= 0.6 is 0 Å². The summed E-state index contributed by atoms with van der Waals surface area (Å²) in [4.78, 5) is 26.6. The lowest BCUT2D eigenvalue weighted by molar-refractivity contribution is 0.0660. The maximum absolute atomic E-state index is 12.8. The van der Waals surface area contributed by atoms with Gasteiger partial charge in [-0.1, -0.05) is 17.7 Å². The third-order valence-electron chi connectivity index (χ3n) is 5.19. The summed E-state index contributed by atoms with van der Waals surface area (Å²) in [5.74, 6) is -1.55. The van der Waals surface area contributed by atoms with Crippen LogP contribution in [0.15, 0.2) is 65.6 Å². The molecule has 0 saturated carbocycles. The van der Waals surface area contributed by atoms with Crippen LogP contribution in [0.25, 0.3) is 0 Å². The summed E-state index contributed by atoms with van der Waals surface area (Å²) in [6, 6.07) is 14.8. The van der Waals surface area contributed by atoms with Gasteiger partial charge in [0, 0.05) is 30.5 Å². The number of phenolic OH excluding ortho intramolecular Hbond substituents is 2. The Morgan fingerprint density at radius 1 is 0.818 bits per heavy atom. The van der Waals surface area contributed by atoms with Crippen molar-refractivity contribution in [2.75, 3.05) is 23.1 Å². The minimum absolute atomic E-state index is 0.0540. The SMILES string of the molecule is Cc1ccc(S(=O)(=O)Nc2ccc3c(c2)C(=O)N(CCNc2ccc(O)c(O)c2)C3=O)cc1. The molecule has 1 heterocycles. The number of hydrogen-bond donors (Lipinski definition) is 4. The molecule has 0 unspecified atom stereocenters. The van der Waals surface area contributed by atoms with Crippen molar-refractivity contribution >= 4 is 33.2 Å². The van der Waals surface area contributed by atoms with Gasteiger partial charge in [-0.15, -0.1) is 0 Å². The summed E-state index contributed by atoms with van der Waals surface area (Å²) >= 11 is 0. The van der Waals surface area contributed by atoms with Crippen molar-refractivity contribution in [1.29, 1.82) is 0 Å². The number of nitrogens with zero attached hydrogens (tertiary/aromatic N) is 1. The Morgan fingerprint density at radius 3 is 2.18 bits per heavy atom. The molecule has 4 N–H and O–H groups in total. The molecular weight excluding hydrogens is 446 g/mol. The number of nitrogens with one attached hydrogen (secondary N) is 2. The van der Waals surface area contributed by atoms with Gasteiger partial charge in [0.15, 0.2) is 11.5 Å². The molecule has 1 aliphatic heterocycles. The van der Waals surface area contributed by atoms with Gasteiger partial charge in [-0.05, 0) is 49.4 Å². The minimum atomic E-state index is -3.85. The molecule has 3 aromatic rings. The van der Waals surface area contributed by atoms with Gasteiger partial charge < -0.3 is 15.5 Å². The highest BCUT2D eigenvalue weighted by Gasteiger charge is 2.35. The molecule has 2 amide bonds. The second-order valence-corrected chi connectivity index (χ2v) is 9.25. The molecule has 1 aliphatic rings. The summed E-state index contributed by atoms with van der Waals surface area (Å²) < 4.78 is 27.7. The van der Waals surface area contributed by atoms with Crippen LogP contribution in [0, 0.1) is 6.92 Å². The fraction of sp³-hybridized carbons (Fsp3) is 0.130. The van der Waals surface area contributed by atoms with E-state index >= 15 is 0 Å². The van der Waals surface area contributed by atoms with Crippen molar-refractivity contribution in [3.8, 4) is 11.5 Å². The van der Waals surface area contributed by atoms with E-state index in [9.17, 15) is 28.2 Å². The summed E-state index contributed by atoms with van der Waals surface area (Å²) in [5, 5.41) is 21.9. The number of rotatable bonds is 7. The van der Waals surface area contributed by atoms with Crippen molar-refractivity contribution < 1.29 is 28.2 Å². The average molecular weight is 468 g/mol. The highest BCUT2D eigenvalue weighted by molar-refractivity contribution is 7.92. The molecule has 170 valence electrons. The zero-order valence-electron chi connectivity index (χ0n) is 17.6. The first kappa shape index (κ1) is 22.2. The predicted molar refractivity (Wildman–Crippen MR) is 122 cm³/mol. The number of anilines is 2. The van der Waals surface area contributed by atoms with Gasteiger partial charge >= 0.3 is 0 Å². The molecule has 0 spiro atoms. The van der Waals surface area contributed by atoms with Gasteiger partial charge in [-0.25, -0.2) is 8.42 Å². The van der Waals surface area contributed by atoms with E-state index in [1.54, 1.807) is 18.2 Å². The lowest BCUT2D eigenvalue weighted by Crippen LogP contribution is -2.34. The molecule has 0 saturated heterocycles. The summed E-state index contributed by atoms with van der Waals surface area (Å²) in [6.45, 7) is 2.11. The van der Waals surface area contributed by atoms with Gasteiger partial charge in [-0.2, -0.15) is 0 Å². The molecule has 0 bridgehead atoms. The number of fused-ring (bicyclic) bond motifs is 1. The quantitative estimate of drug-likeness (QED) is 0.238. The fourth-order valence-corrected chi connectivity index (χ4v) is 4.48. The molecule has 0 aliphatic carbocycles. The van der Waals surface area contributed by atoms with Crippen molar-refractivity contribution in [3.05, 3.63) is 77.4 Å². The van der Waals surface area contributed by atoms with Crippen LogP contribution in [0.4, 0.5) is 11.4 Å². The number of phenols is 2. The Balaban J connectivity index is 1.46. The Hall–Kier alpha value is -4.05. The lowest BCUT2D eigenvalue weighted by Gasteiger charge is -2.15. The first-order chi connectivity index (χ1) is 15.7. The Labute approximate surface area is 190 Å². The van der Waals surface area contributed by atoms with Crippen molar-refractivity contribution in [2.45, 2.75) is 11.8 Å². The molecule has 3 aromatic carbocycles. The van der Waals surface area contributed by atoms with Gasteiger partial charge in [-0.3, -0.25) is 19.2 Å². The van der Waals surface area contributed by atoms with Gasteiger partial charge in [0.1, 0.15) is 0 Å². The van der Waals surface area contributed by atoms with E-state index < -0.39 is 21.8 Å². The van der Waals surface area contributed by atoms with Gasteiger partial charge in [0.25, 0.3) is 21.8 Å². The van der Waals surface area contributed by atoms with Crippen molar-refractivity contribution in [1.82, 2.24) is 4.90 Å². The lowest BCUT2D eigenvalue weighted by atomic mass is 10.1. The van der Waals surface area contributed by atoms with Crippen molar-refractivity contribution in [2.24, 2.45) is 0 Å². The largest absolute Gasteiger partial charge is 0.504 e. The normalized spacial score (nSPS) is 13.2. The molecular formula is C23H21N3O6S. The number of carbonyl (C=O) groups is 2. The van der Waals surface area contributed by atoms with E-state index in [4.69, 9.17) is 0 Å². The van der Waals surface area contributed by atoms with E-state index in [0.29, 0.717) is 5.69 Å². The van der Waals surface area contributed by atoms with Crippen LogP contribution in [-0.2, 0) is 10.0 Å². The molecule has 9 nitrogen and oxygen atoms in total. The number of carbonyl (C=O) groups excluding carboxylic acids is 2. The van der Waals surface area contributed by atoms with Crippen LogP contribution in [0.1, 0.15) is 26.3 Å². The Morgan fingerprint density at radius 2 is 1.48 bits per heavy atom. The molecule has 10 heteroatoms. The number of sulfonamides is 1. The van der Waals surface area contributed by atoms with Crippen LogP contribution in [0.5, 0.6) is 11.5 Å². The van der Waals surface area contributed by atoms with E-state index in [0.717, 1.165) is 10.5 Å². The van der Waals surface area contributed by atoms with E-state index in [-0.39, 0.29) is 46.3 Å². The van der Waals surface area contributed by atoms with Crippen LogP contribution in [0.3, 0.4) is 0 Å². The number of imide groups is 1. The molecule has 0 atom stereocenters. The van der Waals surface area contributed by atoms with Crippen LogP contribution in [0.2, 0.25) is 0 Å². The summed E-state index contributed by atoms with van der Waals surface area (Å²) in [7, 11) is -3.85. The first-order valence-electron chi connectivity index (χ1n) is 10.0. The van der Waals surface area contributed by atoms with Crippen LogP contribution in [-0.4, -0.2) is 48.4 Å². The van der Waals surface area contributed by atoms with E-state index in [2.05, 4.69) is 10.0 Å². The van der Waals surface area contributed by atoms with Gasteiger partial charge in [0.2, 0.25) is 0 Å². The molecule has 0 radical (unpaired) electrons. The maximum Gasteiger partial charge on any atom is 0.261 e. The van der Waals surface area contributed by atoms with Crippen LogP contribution < -0.4 is 10.0 Å². The number of aromatic hydroxyl groups is 2. The third-order valence-corrected chi connectivity index (χ3v) is 6.59. The van der Waals surface area contributed by atoms with E-state index in [1.165, 1.54) is 42.5 Å². The monoisotopic (exact) mass is 467 g/mol. The predicted octanol–water partition coefficient (Wildman–Crippen LogP) is 2.92. The Kier molecular flexibility index (Phi) is 5.69. The van der Waals surface area contributed by atoms with E-state index in [1.807, 2.05) is 6.92 Å². The minimum Gasteiger partial charge on any atom is -0.504 e. The molecule has 0 fully saturated rings. The zero-order chi connectivity index (χ0) is 23.8. The number of hydrogen-bond acceptors (Lipinski definition) is 7. The fourth-order valence-electron chi connectivity index (χ4n) is 3.43. The molecule has 0 aromatic heterocycles. The number of benzene rings is 3. The third kappa shape index (κ3) is 4.46. The number of aryl methyl sites for hydroxylation is 1. The second kappa shape index (κ2) is 8.47. The summed E-state index contributed by atoms with van der Waals surface area (Å²) in [6.07, 6.45) is 0. The smallest absolute Gasteiger partial charge is 0.261 e. The maximum atomic E-state index is 12.8. The topological polar surface area (TPSA) is 136 Å². The number of amides is 2. The standard InChI is InChI=1S/C23H21N3O6S/c1-14-2-6-17(7-3-14)33(31,32)25-16-4-8-18-19(12-16)23(30)26(22(18)29)11-10-24-15-5-9-20(27)21(28)13-15/h2-9,12-13,24-25,27-28H,10-11H2,1H3. The average Bonchev–Trinajstić information content (AvgIpc) is 3.00. The Bertz CT molecular complexity index is 1350. The van der Waals surface area contributed by atoms with Gasteiger partial charge in [0.05, 0.1) is 16.0 Å². The zero-order valence-corrected chi connectivity index (χ0v) is 18.4.